The topological polar surface area (TPSA) is 64.9 Å². The smallest absolute Gasteiger partial charge is 0.236 e. The predicted molar refractivity (Wildman–Crippen MR) is 64.2 cm³/mol. The number of aromatic nitrogens is 2. The highest BCUT2D eigenvalue weighted by Gasteiger charge is 2.04. The molecule has 4 nitrogen and oxygen atoms in total. The van der Waals surface area contributed by atoms with Gasteiger partial charge in [0.1, 0.15) is 0 Å². The average molecular weight is 235 g/mol. The molecule has 0 fully saturated rings. The summed E-state index contributed by atoms with van der Waals surface area (Å²) in [5.41, 5.74) is 7.66. The summed E-state index contributed by atoms with van der Waals surface area (Å²) in [4.78, 5) is 5.30. The van der Waals surface area contributed by atoms with Crippen molar-refractivity contribution in [1.82, 2.24) is 10.1 Å². The summed E-state index contributed by atoms with van der Waals surface area (Å²) in [6, 6.07) is 5.97. The van der Waals surface area contributed by atoms with Crippen molar-refractivity contribution in [3.63, 3.8) is 0 Å². The van der Waals surface area contributed by atoms with Crippen molar-refractivity contribution in [2.24, 2.45) is 0 Å². The van der Waals surface area contributed by atoms with E-state index in [-0.39, 0.29) is 0 Å². The fraction of sp³-hybridized carbons (Fsp3) is 0.273. The number of anilines is 1. The van der Waals surface area contributed by atoms with Crippen molar-refractivity contribution in [3.05, 3.63) is 35.5 Å². The summed E-state index contributed by atoms with van der Waals surface area (Å²) in [7, 11) is 0. The molecule has 0 unspecified atom stereocenters. The second-order valence-corrected chi connectivity index (χ2v) is 4.59. The Bertz CT molecular complexity index is 496. The van der Waals surface area contributed by atoms with Crippen LogP contribution >= 0.6 is 11.8 Å². The Hall–Kier alpha value is -1.49. The summed E-state index contributed by atoms with van der Waals surface area (Å²) >= 11 is 1.66. The normalized spacial score (nSPS) is 10.6. The van der Waals surface area contributed by atoms with Gasteiger partial charge in [-0.1, -0.05) is 5.16 Å². The van der Waals surface area contributed by atoms with Crippen molar-refractivity contribution in [1.29, 1.82) is 0 Å². The van der Waals surface area contributed by atoms with Gasteiger partial charge in [0.25, 0.3) is 0 Å². The van der Waals surface area contributed by atoms with Crippen LogP contribution < -0.4 is 5.73 Å². The van der Waals surface area contributed by atoms with Gasteiger partial charge in [-0.05, 0) is 37.6 Å². The number of thioether (sulfide) groups is 1. The highest BCUT2D eigenvalue weighted by atomic mass is 32.2. The minimum absolute atomic E-state index is 0.650. The second kappa shape index (κ2) is 4.57. The van der Waals surface area contributed by atoms with Gasteiger partial charge in [-0.25, -0.2) is 0 Å². The molecule has 0 aliphatic carbocycles. The van der Waals surface area contributed by atoms with Gasteiger partial charge >= 0.3 is 0 Å². The first kappa shape index (κ1) is 11.0. The van der Waals surface area contributed by atoms with E-state index in [9.17, 15) is 0 Å². The van der Waals surface area contributed by atoms with Gasteiger partial charge < -0.3 is 10.3 Å². The number of hydrogen-bond acceptors (Lipinski definition) is 5. The molecule has 2 N–H and O–H groups in total. The number of nitrogens with two attached hydrogens (primary N) is 1. The van der Waals surface area contributed by atoms with Gasteiger partial charge in [0.05, 0.1) is 5.75 Å². The Morgan fingerprint density at radius 1 is 1.38 bits per heavy atom. The number of rotatable bonds is 3. The molecule has 16 heavy (non-hydrogen) atoms. The van der Waals surface area contributed by atoms with Crippen molar-refractivity contribution in [2.45, 2.75) is 24.5 Å². The zero-order valence-electron chi connectivity index (χ0n) is 9.23. The monoisotopic (exact) mass is 235 g/mol. The summed E-state index contributed by atoms with van der Waals surface area (Å²) in [5, 5.41) is 3.74. The molecule has 1 heterocycles. The van der Waals surface area contributed by atoms with Crippen LogP contribution in [0.25, 0.3) is 0 Å². The van der Waals surface area contributed by atoms with Gasteiger partial charge in [0.15, 0.2) is 5.82 Å². The molecule has 0 atom stereocenters. The van der Waals surface area contributed by atoms with Crippen molar-refractivity contribution in [2.75, 3.05) is 5.73 Å². The fourth-order valence-corrected chi connectivity index (χ4v) is 2.11. The molecule has 0 radical (unpaired) electrons. The van der Waals surface area contributed by atoms with Crippen LogP contribution in [-0.2, 0) is 5.75 Å². The van der Waals surface area contributed by atoms with E-state index in [1.807, 2.05) is 26.0 Å². The van der Waals surface area contributed by atoms with Crippen LogP contribution in [0.15, 0.2) is 27.6 Å². The van der Waals surface area contributed by atoms with E-state index in [2.05, 4.69) is 16.2 Å². The minimum Gasteiger partial charge on any atom is -0.399 e. The maximum absolute atomic E-state index is 5.75. The molecule has 2 aromatic rings. The largest absolute Gasteiger partial charge is 0.399 e. The van der Waals surface area contributed by atoms with E-state index < -0.39 is 0 Å². The van der Waals surface area contributed by atoms with Crippen molar-refractivity contribution < 1.29 is 4.52 Å². The lowest BCUT2D eigenvalue weighted by molar-refractivity contribution is 0.387. The lowest BCUT2D eigenvalue weighted by Crippen LogP contribution is -1.89. The third kappa shape index (κ3) is 2.55. The third-order valence-corrected chi connectivity index (χ3v) is 3.15. The predicted octanol–water partition coefficient (Wildman–Crippen LogP) is 2.56. The summed E-state index contributed by atoms with van der Waals surface area (Å²) < 4.78 is 5.03. The highest BCUT2D eigenvalue weighted by molar-refractivity contribution is 7.98. The van der Waals surface area contributed by atoms with Crippen molar-refractivity contribution >= 4 is 17.4 Å². The fourth-order valence-electron chi connectivity index (χ4n) is 1.28. The van der Waals surface area contributed by atoms with Crippen molar-refractivity contribution in [3.8, 4) is 0 Å². The SMILES string of the molecule is Cc1noc(CSc2ccc(N)c(C)c2)n1. The Balaban J connectivity index is 2.02. The van der Waals surface area contributed by atoms with Crippen LogP contribution in [0.2, 0.25) is 0 Å². The standard InChI is InChI=1S/C11H13N3OS/c1-7-5-9(3-4-10(7)12)16-6-11-13-8(2)14-15-11/h3-5H,6,12H2,1-2H3. The number of benzene rings is 1. The molecule has 0 saturated carbocycles. The summed E-state index contributed by atoms with van der Waals surface area (Å²) in [5.74, 6) is 2.01. The second-order valence-electron chi connectivity index (χ2n) is 3.54. The maximum atomic E-state index is 5.75. The van der Waals surface area contributed by atoms with Gasteiger partial charge in [-0.2, -0.15) is 4.98 Å². The summed E-state index contributed by atoms with van der Waals surface area (Å²) in [6.45, 7) is 3.81. The van der Waals surface area contributed by atoms with Crippen LogP contribution in [0.3, 0.4) is 0 Å². The van der Waals surface area contributed by atoms with E-state index in [0.717, 1.165) is 16.1 Å². The molecule has 2 rings (SSSR count). The van der Waals surface area contributed by atoms with Gasteiger partial charge in [0, 0.05) is 10.6 Å². The van der Waals surface area contributed by atoms with Crippen LogP contribution in [0.1, 0.15) is 17.3 Å². The van der Waals surface area contributed by atoms with Gasteiger partial charge in [-0.15, -0.1) is 11.8 Å². The zero-order valence-corrected chi connectivity index (χ0v) is 10.0. The first-order valence-corrected chi connectivity index (χ1v) is 5.92. The van der Waals surface area contributed by atoms with E-state index >= 15 is 0 Å². The van der Waals surface area contributed by atoms with Crippen LogP contribution in [-0.4, -0.2) is 10.1 Å². The Morgan fingerprint density at radius 3 is 2.81 bits per heavy atom. The number of nitrogen functional groups attached to an aromatic ring is 1. The maximum Gasteiger partial charge on any atom is 0.236 e. The summed E-state index contributed by atoms with van der Waals surface area (Å²) in [6.07, 6.45) is 0. The molecule has 84 valence electrons. The van der Waals surface area contributed by atoms with Crippen LogP contribution in [0, 0.1) is 13.8 Å². The molecule has 0 aliphatic heterocycles. The minimum atomic E-state index is 0.650. The van der Waals surface area contributed by atoms with E-state index in [4.69, 9.17) is 10.3 Å². The Morgan fingerprint density at radius 2 is 2.19 bits per heavy atom. The molecule has 1 aromatic carbocycles. The number of hydrogen-bond donors (Lipinski definition) is 1. The first-order valence-electron chi connectivity index (χ1n) is 4.93. The van der Waals surface area contributed by atoms with Crippen LogP contribution in [0.4, 0.5) is 5.69 Å². The lowest BCUT2D eigenvalue weighted by Gasteiger charge is -2.02. The van der Waals surface area contributed by atoms with E-state index in [0.29, 0.717) is 17.5 Å². The van der Waals surface area contributed by atoms with Gasteiger partial charge in [0.2, 0.25) is 5.89 Å². The molecule has 0 bridgehead atoms. The Kier molecular flexibility index (Phi) is 3.14. The third-order valence-electron chi connectivity index (χ3n) is 2.17. The lowest BCUT2D eigenvalue weighted by atomic mass is 10.2. The molecule has 0 spiro atoms. The molecular weight excluding hydrogens is 222 g/mol. The highest BCUT2D eigenvalue weighted by Crippen LogP contribution is 2.25. The molecular formula is C11H13N3OS. The molecule has 1 aromatic heterocycles. The zero-order chi connectivity index (χ0) is 11.5. The molecule has 5 heteroatoms. The first-order chi connectivity index (χ1) is 7.65. The molecule has 0 aliphatic rings. The molecule has 0 amide bonds. The van der Waals surface area contributed by atoms with E-state index in [1.54, 1.807) is 11.8 Å². The Labute approximate surface area is 98.2 Å². The number of nitrogens with zero attached hydrogens (tertiary/aromatic N) is 2. The average Bonchev–Trinajstić information content (AvgIpc) is 2.66. The van der Waals surface area contributed by atoms with Crippen LogP contribution in [0.5, 0.6) is 0 Å². The quantitative estimate of drug-likeness (QED) is 0.654. The van der Waals surface area contributed by atoms with E-state index in [1.165, 1.54) is 0 Å². The number of aryl methyl sites for hydroxylation is 2. The molecule has 0 saturated heterocycles. The van der Waals surface area contributed by atoms with Gasteiger partial charge in [-0.3, -0.25) is 0 Å².